The van der Waals surface area contributed by atoms with Crippen molar-refractivity contribution < 1.29 is 19.1 Å². The topological polar surface area (TPSA) is 67.9 Å². The van der Waals surface area contributed by atoms with E-state index >= 15 is 0 Å². The number of carbonyl (C=O) groups is 2. The Balaban J connectivity index is 1.71. The third-order valence-corrected chi connectivity index (χ3v) is 5.61. The van der Waals surface area contributed by atoms with Crippen LogP contribution >= 0.6 is 0 Å². The molecule has 0 atom stereocenters. The molecular formula is C27H32N2O4. The molecule has 0 aromatic heterocycles. The van der Waals surface area contributed by atoms with Gasteiger partial charge in [0.25, 0.3) is 0 Å². The highest BCUT2D eigenvalue weighted by Gasteiger charge is 2.49. The van der Waals surface area contributed by atoms with Gasteiger partial charge in [-0.05, 0) is 74.7 Å². The molecular weight excluding hydrogens is 416 g/mol. The fourth-order valence-electron chi connectivity index (χ4n) is 4.19. The SMILES string of the molecule is CC(C)(C)OC(=O)NC1(c2ccc3ccc4ccccc4c3c2)CN(C(=O)OC(C)(C)C)C1. The highest BCUT2D eigenvalue weighted by Crippen LogP contribution is 2.36. The Morgan fingerprint density at radius 3 is 2.03 bits per heavy atom. The Morgan fingerprint density at radius 1 is 0.818 bits per heavy atom. The molecule has 1 saturated heterocycles. The van der Waals surface area contributed by atoms with E-state index in [1.165, 1.54) is 0 Å². The lowest BCUT2D eigenvalue weighted by molar-refractivity contribution is -0.0229. The van der Waals surface area contributed by atoms with Gasteiger partial charge in [-0.15, -0.1) is 0 Å². The zero-order chi connectivity index (χ0) is 24.0. The Morgan fingerprint density at radius 2 is 1.39 bits per heavy atom. The van der Waals surface area contributed by atoms with Crippen LogP contribution in [-0.2, 0) is 15.0 Å². The van der Waals surface area contributed by atoms with Crippen LogP contribution in [0.25, 0.3) is 21.5 Å². The van der Waals surface area contributed by atoms with E-state index in [-0.39, 0.29) is 0 Å². The minimum absolute atomic E-state index is 0.303. The predicted molar refractivity (Wildman–Crippen MR) is 130 cm³/mol. The van der Waals surface area contributed by atoms with E-state index in [4.69, 9.17) is 9.47 Å². The van der Waals surface area contributed by atoms with Crippen LogP contribution in [-0.4, -0.2) is 41.4 Å². The summed E-state index contributed by atoms with van der Waals surface area (Å²) < 4.78 is 11.1. The number of amides is 2. The molecule has 1 fully saturated rings. The molecule has 3 aromatic carbocycles. The molecule has 1 heterocycles. The molecule has 0 spiro atoms. The Bertz CT molecular complexity index is 1210. The maximum absolute atomic E-state index is 12.8. The second-order valence-corrected chi connectivity index (χ2v) is 10.8. The molecule has 4 rings (SSSR count). The summed E-state index contributed by atoms with van der Waals surface area (Å²) in [6.45, 7) is 11.6. The number of likely N-dealkylation sites (tertiary alicyclic amines) is 1. The van der Waals surface area contributed by atoms with Crippen LogP contribution in [0.3, 0.4) is 0 Å². The monoisotopic (exact) mass is 448 g/mol. The van der Waals surface area contributed by atoms with E-state index < -0.39 is 28.9 Å². The van der Waals surface area contributed by atoms with Crippen LogP contribution in [0.4, 0.5) is 9.59 Å². The summed E-state index contributed by atoms with van der Waals surface area (Å²) in [4.78, 5) is 27.0. The maximum Gasteiger partial charge on any atom is 0.410 e. The van der Waals surface area contributed by atoms with Crippen molar-refractivity contribution in [3.8, 4) is 0 Å². The molecule has 1 N–H and O–H groups in total. The van der Waals surface area contributed by atoms with Gasteiger partial charge in [0, 0.05) is 0 Å². The van der Waals surface area contributed by atoms with Gasteiger partial charge in [0.2, 0.25) is 0 Å². The van der Waals surface area contributed by atoms with Gasteiger partial charge in [0.05, 0.1) is 13.1 Å². The first-order chi connectivity index (χ1) is 15.4. The largest absolute Gasteiger partial charge is 0.444 e. The quantitative estimate of drug-likeness (QED) is 0.491. The van der Waals surface area contributed by atoms with Crippen LogP contribution in [0.2, 0.25) is 0 Å². The van der Waals surface area contributed by atoms with Crippen LogP contribution in [0.5, 0.6) is 0 Å². The van der Waals surface area contributed by atoms with Crippen molar-refractivity contribution in [1.82, 2.24) is 10.2 Å². The molecule has 6 nitrogen and oxygen atoms in total. The summed E-state index contributed by atoms with van der Waals surface area (Å²) in [5.41, 5.74) is -1.04. The molecule has 0 radical (unpaired) electrons. The molecule has 0 bridgehead atoms. The Kier molecular flexibility index (Phi) is 5.51. The molecule has 1 aliphatic rings. The van der Waals surface area contributed by atoms with E-state index in [0.29, 0.717) is 13.1 Å². The first-order valence-corrected chi connectivity index (χ1v) is 11.3. The molecule has 0 unspecified atom stereocenters. The summed E-state index contributed by atoms with van der Waals surface area (Å²) in [5.74, 6) is 0. The smallest absolute Gasteiger partial charge is 0.410 e. The van der Waals surface area contributed by atoms with Crippen LogP contribution < -0.4 is 5.32 Å². The molecule has 0 saturated carbocycles. The molecule has 3 aromatic rings. The van der Waals surface area contributed by atoms with Gasteiger partial charge < -0.3 is 19.7 Å². The van der Waals surface area contributed by atoms with Gasteiger partial charge in [-0.3, -0.25) is 0 Å². The Labute approximate surface area is 194 Å². The average molecular weight is 449 g/mol. The first-order valence-electron chi connectivity index (χ1n) is 11.3. The molecule has 6 heteroatoms. The number of carbonyl (C=O) groups excluding carboxylic acids is 2. The van der Waals surface area contributed by atoms with Crippen LogP contribution in [0.1, 0.15) is 47.1 Å². The van der Waals surface area contributed by atoms with E-state index in [9.17, 15) is 9.59 Å². The number of nitrogens with one attached hydrogen (secondary N) is 1. The minimum atomic E-state index is -0.760. The number of fused-ring (bicyclic) bond motifs is 3. The average Bonchev–Trinajstić information content (AvgIpc) is 2.67. The second-order valence-electron chi connectivity index (χ2n) is 10.8. The molecule has 1 aliphatic heterocycles. The van der Waals surface area contributed by atoms with E-state index in [1.54, 1.807) is 4.90 Å². The van der Waals surface area contributed by atoms with Crippen molar-refractivity contribution in [1.29, 1.82) is 0 Å². The molecule has 0 aliphatic carbocycles. The van der Waals surface area contributed by atoms with Gasteiger partial charge in [-0.2, -0.15) is 0 Å². The minimum Gasteiger partial charge on any atom is -0.444 e. The summed E-state index contributed by atoms with van der Waals surface area (Å²) in [6, 6.07) is 18.6. The van der Waals surface area contributed by atoms with E-state index in [2.05, 4.69) is 41.7 Å². The van der Waals surface area contributed by atoms with Crippen molar-refractivity contribution in [2.45, 2.75) is 58.3 Å². The van der Waals surface area contributed by atoms with Gasteiger partial charge in [0.15, 0.2) is 0 Å². The fourth-order valence-corrected chi connectivity index (χ4v) is 4.19. The highest BCUT2D eigenvalue weighted by atomic mass is 16.6. The van der Waals surface area contributed by atoms with Gasteiger partial charge in [-0.25, -0.2) is 9.59 Å². The number of hydrogen-bond acceptors (Lipinski definition) is 4. The number of alkyl carbamates (subject to hydrolysis) is 1. The normalized spacial score (nSPS) is 15.8. The highest BCUT2D eigenvalue weighted by molar-refractivity contribution is 6.07. The van der Waals surface area contributed by atoms with Gasteiger partial charge >= 0.3 is 12.2 Å². The maximum atomic E-state index is 12.8. The number of hydrogen-bond donors (Lipinski definition) is 1. The predicted octanol–water partition coefficient (Wildman–Crippen LogP) is 5.96. The molecule has 174 valence electrons. The number of rotatable bonds is 2. The Hall–Kier alpha value is -3.28. The van der Waals surface area contributed by atoms with Crippen molar-refractivity contribution >= 4 is 33.7 Å². The summed E-state index contributed by atoms with van der Waals surface area (Å²) in [6.07, 6.45) is -0.903. The third-order valence-electron chi connectivity index (χ3n) is 5.61. The van der Waals surface area contributed by atoms with Crippen molar-refractivity contribution in [3.05, 3.63) is 60.2 Å². The third kappa shape index (κ3) is 4.90. The van der Waals surface area contributed by atoms with E-state index in [0.717, 1.165) is 27.1 Å². The van der Waals surface area contributed by atoms with Crippen molar-refractivity contribution in [2.24, 2.45) is 0 Å². The number of benzene rings is 3. The summed E-state index contributed by atoms with van der Waals surface area (Å²) >= 11 is 0. The lowest BCUT2D eigenvalue weighted by Crippen LogP contribution is -2.69. The second kappa shape index (κ2) is 7.94. The van der Waals surface area contributed by atoms with Crippen molar-refractivity contribution in [3.63, 3.8) is 0 Å². The van der Waals surface area contributed by atoms with E-state index in [1.807, 2.05) is 59.7 Å². The van der Waals surface area contributed by atoms with Gasteiger partial charge in [0.1, 0.15) is 16.7 Å². The number of ether oxygens (including phenoxy) is 2. The first kappa shape index (κ1) is 22.9. The zero-order valence-electron chi connectivity index (χ0n) is 20.2. The van der Waals surface area contributed by atoms with Crippen LogP contribution in [0.15, 0.2) is 54.6 Å². The van der Waals surface area contributed by atoms with Crippen LogP contribution in [0, 0.1) is 0 Å². The molecule has 2 amide bonds. The summed E-state index contributed by atoms with van der Waals surface area (Å²) in [5, 5.41) is 7.57. The van der Waals surface area contributed by atoms with Gasteiger partial charge in [-0.1, -0.05) is 48.5 Å². The fraction of sp³-hybridized carbons (Fsp3) is 0.407. The number of nitrogens with zero attached hydrogens (tertiary/aromatic N) is 1. The summed E-state index contributed by atoms with van der Waals surface area (Å²) in [7, 11) is 0. The lowest BCUT2D eigenvalue weighted by atomic mass is 9.81. The van der Waals surface area contributed by atoms with Crippen molar-refractivity contribution in [2.75, 3.05) is 13.1 Å². The zero-order valence-corrected chi connectivity index (χ0v) is 20.2. The molecule has 33 heavy (non-hydrogen) atoms. The standard InChI is InChI=1S/C27H32N2O4/c1-25(2,3)32-23(30)28-27(16-29(17-27)24(31)33-26(4,5)6)20-14-13-19-12-11-18-9-7-8-10-21(18)22(19)15-20/h7-15H,16-17H2,1-6H3,(H,28,30). The lowest BCUT2D eigenvalue weighted by Gasteiger charge is -2.50.